The maximum absolute atomic E-state index is 5.32. The van der Waals surface area contributed by atoms with Crippen molar-refractivity contribution >= 4 is 16.9 Å². The van der Waals surface area contributed by atoms with Crippen LogP contribution in [0, 0.1) is 5.92 Å². The highest BCUT2D eigenvalue weighted by Gasteiger charge is 2.19. The number of nitrogens with zero attached hydrogens (tertiary/aromatic N) is 1. The zero-order chi connectivity index (χ0) is 9.80. The van der Waals surface area contributed by atoms with Crippen LogP contribution in [0.25, 0.3) is 0 Å². The highest BCUT2D eigenvalue weighted by atomic mass is 32.2. The summed E-state index contributed by atoms with van der Waals surface area (Å²) >= 11 is 1.86. The molecule has 2 unspecified atom stereocenters. The molecular formula is C10H18N2OS. The molecule has 2 aliphatic rings. The van der Waals surface area contributed by atoms with E-state index in [1.54, 1.807) is 0 Å². The topological polar surface area (TPSA) is 33.6 Å². The van der Waals surface area contributed by atoms with Crippen LogP contribution in [-0.2, 0) is 4.74 Å². The van der Waals surface area contributed by atoms with Crippen LogP contribution in [0.3, 0.4) is 0 Å². The Morgan fingerprint density at radius 1 is 1.64 bits per heavy atom. The Morgan fingerprint density at radius 2 is 2.57 bits per heavy atom. The quantitative estimate of drug-likeness (QED) is 0.773. The summed E-state index contributed by atoms with van der Waals surface area (Å²) in [6, 6.07) is 0.638. The Bertz CT molecular complexity index is 214. The van der Waals surface area contributed by atoms with E-state index < -0.39 is 0 Å². The first-order valence-corrected chi connectivity index (χ1v) is 6.38. The van der Waals surface area contributed by atoms with Crippen molar-refractivity contribution in [1.29, 1.82) is 0 Å². The molecule has 4 heteroatoms. The molecule has 0 bridgehead atoms. The second-order valence-corrected chi connectivity index (χ2v) is 4.94. The summed E-state index contributed by atoms with van der Waals surface area (Å²) in [4.78, 5) is 4.59. The van der Waals surface area contributed by atoms with Crippen molar-refractivity contribution in [3.63, 3.8) is 0 Å². The van der Waals surface area contributed by atoms with Crippen molar-refractivity contribution in [2.24, 2.45) is 10.9 Å². The minimum absolute atomic E-state index is 0.638. The molecule has 0 radical (unpaired) electrons. The summed E-state index contributed by atoms with van der Waals surface area (Å²) in [5.41, 5.74) is 0. The fourth-order valence-corrected chi connectivity index (χ4v) is 2.78. The summed E-state index contributed by atoms with van der Waals surface area (Å²) in [5.74, 6) is 1.84. The Labute approximate surface area is 89.7 Å². The molecule has 0 aromatic heterocycles. The van der Waals surface area contributed by atoms with Crippen LogP contribution in [0.1, 0.15) is 19.8 Å². The summed E-state index contributed by atoms with van der Waals surface area (Å²) < 4.78 is 5.32. The molecule has 2 atom stereocenters. The molecule has 0 aromatic rings. The Hall–Kier alpha value is -0.220. The molecule has 1 N–H and O–H groups in total. The van der Waals surface area contributed by atoms with E-state index in [4.69, 9.17) is 4.74 Å². The fraction of sp³-hybridized carbons (Fsp3) is 0.900. The van der Waals surface area contributed by atoms with Gasteiger partial charge in [-0.05, 0) is 12.8 Å². The molecule has 3 nitrogen and oxygen atoms in total. The van der Waals surface area contributed by atoms with E-state index >= 15 is 0 Å². The van der Waals surface area contributed by atoms with Gasteiger partial charge in [0, 0.05) is 30.9 Å². The van der Waals surface area contributed by atoms with Crippen molar-refractivity contribution in [3.05, 3.63) is 0 Å². The molecule has 2 rings (SSSR count). The van der Waals surface area contributed by atoms with Gasteiger partial charge in [-0.15, -0.1) is 0 Å². The van der Waals surface area contributed by atoms with Crippen molar-refractivity contribution in [3.8, 4) is 0 Å². The maximum Gasteiger partial charge on any atom is 0.156 e. The summed E-state index contributed by atoms with van der Waals surface area (Å²) in [5, 5.41) is 4.58. The van der Waals surface area contributed by atoms with Gasteiger partial charge in [-0.3, -0.25) is 4.99 Å². The van der Waals surface area contributed by atoms with Crippen molar-refractivity contribution in [2.45, 2.75) is 25.8 Å². The molecule has 0 aromatic carbocycles. The van der Waals surface area contributed by atoms with E-state index in [1.165, 1.54) is 18.6 Å². The number of nitrogens with one attached hydrogen (secondary N) is 1. The van der Waals surface area contributed by atoms with Crippen molar-refractivity contribution < 1.29 is 4.74 Å². The van der Waals surface area contributed by atoms with Gasteiger partial charge in [0.05, 0.1) is 6.61 Å². The zero-order valence-electron chi connectivity index (χ0n) is 8.66. The van der Waals surface area contributed by atoms with E-state index in [9.17, 15) is 0 Å². The number of rotatable bonds is 3. The summed E-state index contributed by atoms with van der Waals surface area (Å²) in [6.45, 7) is 4.98. The highest BCUT2D eigenvalue weighted by molar-refractivity contribution is 8.14. The van der Waals surface area contributed by atoms with E-state index in [0.29, 0.717) is 12.0 Å². The lowest BCUT2D eigenvalue weighted by Gasteiger charge is -2.06. The minimum Gasteiger partial charge on any atom is -0.381 e. The van der Waals surface area contributed by atoms with Gasteiger partial charge in [0.1, 0.15) is 0 Å². The second-order valence-electron chi connectivity index (χ2n) is 3.94. The average molecular weight is 214 g/mol. The van der Waals surface area contributed by atoms with Crippen LogP contribution >= 0.6 is 11.8 Å². The number of amidine groups is 1. The molecule has 0 spiro atoms. The van der Waals surface area contributed by atoms with Crippen LogP contribution in [0.15, 0.2) is 4.99 Å². The van der Waals surface area contributed by atoms with E-state index in [0.717, 1.165) is 24.9 Å². The standard InChI is InChI=1S/C10H18N2OS/c1-2-9-7-14-10(12-9)11-5-8-3-4-13-6-8/h8-9H,2-7H2,1H3,(H,11,12). The number of ether oxygens (including phenoxy) is 1. The molecule has 14 heavy (non-hydrogen) atoms. The van der Waals surface area contributed by atoms with Crippen molar-refractivity contribution in [2.75, 3.05) is 25.5 Å². The molecule has 0 saturated carbocycles. The number of hydrogen-bond donors (Lipinski definition) is 1. The van der Waals surface area contributed by atoms with Gasteiger partial charge in [-0.2, -0.15) is 0 Å². The summed E-state index contributed by atoms with van der Waals surface area (Å²) in [7, 11) is 0. The number of hydrogen-bond acceptors (Lipinski definition) is 3. The normalized spacial score (nSPS) is 35.1. The van der Waals surface area contributed by atoms with Crippen LogP contribution in [-0.4, -0.2) is 36.7 Å². The molecule has 0 amide bonds. The zero-order valence-corrected chi connectivity index (χ0v) is 9.48. The van der Waals surface area contributed by atoms with E-state index in [-0.39, 0.29) is 0 Å². The maximum atomic E-state index is 5.32. The predicted octanol–water partition coefficient (Wildman–Crippen LogP) is 1.49. The highest BCUT2D eigenvalue weighted by Crippen LogP contribution is 2.17. The van der Waals surface area contributed by atoms with Gasteiger partial charge in [0.25, 0.3) is 0 Å². The number of aliphatic imine (C=N–C) groups is 1. The Balaban J connectivity index is 1.75. The predicted molar refractivity (Wildman–Crippen MR) is 60.9 cm³/mol. The van der Waals surface area contributed by atoms with Gasteiger partial charge in [-0.25, -0.2) is 0 Å². The third-order valence-electron chi connectivity index (χ3n) is 2.76. The molecular weight excluding hydrogens is 196 g/mol. The van der Waals surface area contributed by atoms with E-state index in [2.05, 4.69) is 17.2 Å². The first kappa shape index (κ1) is 10.3. The third kappa shape index (κ3) is 2.64. The third-order valence-corrected chi connectivity index (χ3v) is 3.85. The minimum atomic E-state index is 0.638. The Kier molecular flexibility index (Phi) is 3.70. The van der Waals surface area contributed by atoms with Crippen LogP contribution < -0.4 is 5.32 Å². The van der Waals surface area contributed by atoms with Gasteiger partial charge < -0.3 is 10.1 Å². The van der Waals surface area contributed by atoms with Gasteiger partial charge in [0.15, 0.2) is 5.17 Å². The first-order valence-electron chi connectivity index (χ1n) is 5.40. The lowest BCUT2D eigenvalue weighted by Crippen LogP contribution is -2.26. The van der Waals surface area contributed by atoms with Crippen LogP contribution in [0.5, 0.6) is 0 Å². The number of thioether (sulfide) groups is 1. The molecule has 2 saturated heterocycles. The fourth-order valence-electron chi connectivity index (χ4n) is 1.69. The smallest absolute Gasteiger partial charge is 0.156 e. The SMILES string of the molecule is CCC1CSC(=NCC2CCOC2)N1. The van der Waals surface area contributed by atoms with Crippen LogP contribution in [0.4, 0.5) is 0 Å². The van der Waals surface area contributed by atoms with E-state index in [1.807, 2.05) is 11.8 Å². The monoisotopic (exact) mass is 214 g/mol. The molecule has 80 valence electrons. The van der Waals surface area contributed by atoms with Crippen LogP contribution in [0.2, 0.25) is 0 Å². The van der Waals surface area contributed by atoms with Crippen molar-refractivity contribution in [1.82, 2.24) is 5.32 Å². The average Bonchev–Trinajstić information content (AvgIpc) is 2.86. The van der Waals surface area contributed by atoms with Gasteiger partial charge in [-0.1, -0.05) is 18.7 Å². The molecule has 2 aliphatic heterocycles. The molecule has 2 fully saturated rings. The first-order chi connectivity index (χ1) is 6.88. The lowest BCUT2D eigenvalue weighted by molar-refractivity contribution is 0.187. The molecule has 2 heterocycles. The Morgan fingerprint density at radius 3 is 3.21 bits per heavy atom. The largest absolute Gasteiger partial charge is 0.381 e. The second kappa shape index (κ2) is 5.03. The van der Waals surface area contributed by atoms with Gasteiger partial charge >= 0.3 is 0 Å². The summed E-state index contributed by atoms with van der Waals surface area (Å²) in [6.07, 6.45) is 2.37. The van der Waals surface area contributed by atoms with Gasteiger partial charge in [0.2, 0.25) is 0 Å². The molecule has 0 aliphatic carbocycles. The lowest BCUT2D eigenvalue weighted by atomic mass is 10.1.